The molecular formula is C17H23N3O5. The SMILES string of the molecule is CC(C)(C)OC(=O)NC1(C(=O)O)CCN(C(=O)Nc2ccccc2)C1. The van der Waals surface area contributed by atoms with Crippen molar-refractivity contribution in [3.8, 4) is 0 Å². The summed E-state index contributed by atoms with van der Waals surface area (Å²) in [5, 5.41) is 14.7. The highest BCUT2D eigenvalue weighted by Gasteiger charge is 2.48. The topological polar surface area (TPSA) is 108 Å². The Hall–Kier alpha value is -2.77. The molecule has 136 valence electrons. The Morgan fingerprint density at radius 2 is 1.84 bits per heavy atom. The van der Waals surface area contributed by atoms with Gasteiger partial charge in [-0.1, -0.05) is 18.2 Å². The summed E-state index contributed by atoms with van der Waals surface area (Å²) in [4.78, 5) is 37.4. The zero-order valence-corrected chi connectivity index (χ0v) is 14.5. The van der Waals surface area contributed by atoms with E-state index in [0.29, 0.717) is 5.69 Å². The molecule has 3 amide bonds. The summed E-state index contributed by atoms with van der Waals surface area (Å²) in [5.41, 5.74) is -1.69. The number of likely N-dealkylation sites (tertiary alicyclic amines) is 1. The molecule has 0 bridgehead atoms. The maximum Gasteiger partial charge on any atom is 0.408 e. The minimum absolute atomic E-state index is 0.101. The van der Waals surface area contributed by atoms with Gasteiger partial charge >= 0.3 is 18.1 Å². The van der Waals surface area contributed by atoms with Crippen molar-refractivity contribution in [3.05, 3.63) is 30.3 Å². The number of hydrogen-bond donors (Lipinski definition) is 3. The number of amides is 3. The Morgan fingerprint density at radius 3 is 2.40 bits per heavy atom. The lowest BCUT2D eigenvalue weighted by Crippen LogP contribution is -2.57. The van der Waals surface area contributed by atoms with Crippen molar-refractivity contribution < 1.29 is 24.2 Å². The van der Waals surface area contributed by atoms with E-state index in [1.165, 1.54) is 4.90 Å². The van der Waals surface area contributed by atoms with Crippen molar-refractivity contribution in [2.45, 2.75) is 38.3 Å². The first kappa shape index (κ1) is 18.6. The monoisotopic (exact) mass is 349 g/mol. The average molecular weight is 349 g/mol. The van der Waals surface area contributed by atoms with Gasteiger partial charge in [0.1, 0.15) is 5.60 Å². The summed E-state index contributed by atoms with van der Waals surface area (Å²) in [5.74, 6) is -1.20. The van der Waals surface area contributed by atoms with E-state index in [1.807, 2.05) is 6.07 Å². The molecule has 1 saturated heterocycles. The lowest BCUT2D eigenvalue weighted by Gasteiger charge is -2.28. The van der Waals surface area contributed by atoms with Crippen molar-refractivity contribution in [1.82, 2.24) is 10.2 Å². The van der Waals surface area contributed by atoms with E-state index in [0.717, 1.165) is 0 Å². The van der Waals surface area contributed by atoms with E-state index in [2.05, 4.69) is 10.6 Å². The van der Waals surface area contributed by atoms with E-state index < -0.39 is 29.2 Å². The number of carboxylic acid groups (broad SMARTS) is 1. The summed E-state index contributed by atoms with van der Waals surface area (Å²) in [6.45, 7) is 5.14. The summed E-state index contributed by atoms with van der Waals surface area (Å²) in [6.07, 6.45) is -0.718. The van der Waals surface area contributed by atoms with Crippen LogP contribution in [0.2, 0.25) is 0 Å². The standard InChI is InChI=1S/C17H23N3O5/c1-16(2,3)25-15(24)19-17(13(21)22)9-10-20(11-17)14(23)18-12-7-5-4-6-8-12/h4-8H,9-11H2,1-3H3,(H,18,23)(H,19,24)(H,21,22). The van der Waals surface area contributed by atoms with E-state index in [9.17, 15) is 19.5 Å². The molecule has 0 saturated carbocycles. The molecule has 1 unspecified atom stereocenters. The van der Waals surface area contributed by atoms with E-state index in [1.54, 1.807) is 45.0 Å². The number of carboxylic acids is 1. The van der Waals surface area contributed by atoms with Gasteiger partial charge < -0.3 is 25.4 Å². The summed E-state index contributed by atoms with van der Waals surface area (Å²) in [6, 6.07) is 8.44. The molecule has 1 fully saturated rings. The highest BCUT2D eigenvalue weighted by atomic mass is 16.6. The molecule has 0 radical (unpaired) electrons. The second-order valence-electron chi connectivity index (χ2n) is 6.98. The van der Waals surface area contributed by atoms with Crippen LogP contribution in [-0.2, 0) is 9.53 Å². The largest absolute Gasteiger partial charge is 0.479 e. The smallest absolute Gasteiger partial charge is 0.408 e. The fraction of sp³-hybridized carbons (Fsp3) is 0.471. The Labute approximate surface area is 146 Å². The van der Waals surface area contributed by atoms with Crippen LogP contribution in [0.15, 0.2) is 30.3 Å². The van der Waals surface area contributed by atoms with Gasteiger partial charge in [-0.05, 0) is 32.9 Å². The number of ether oxygens (including phenoxy) is 1. The van der Waals surface area contributed by atoms with Gasteiger partial charge in [0.15, 0.2) is 5.54 Å². The van der Waals surface area contributed by atoms with Crippen LogP contribution >= 0.6 is 0 Å². The Morgan fingerprint density at radius 1 is 1.20 bits per heavy atom. The number of aliphatic carboxylic acids is 1. The number of nitrogens with zero attached hydrogens (tertiary/aromatic N) is 1. The molecule has 1 atom stereocenters. The highest BCUT2D eigenvalue weighted by Crippen LogP contribution is 2.23. The van der Waals surface area contributed by atoms with Crippen LogP contribution < -0.4 is 10.6 Å². The van der Waals surface area contributed by atoms with Gasteiger partial charge in [0, 0.05) is 18.7 Å². The molecule has 2 rings (SSSR count). The van der Waals surface area contributed by atoms with Crippen molar-refractivity contribution >= 4 is 23.8 Å². The number of hydrogen-bond acceptors (Lipinski definition) is 4. The third-order valence-corrected chi connectivity index (χ3v) is 3.73. The number of para-hydroxylation sites is 1. The van der Waals surface area contributed by atoms with Crippen LogP contribution in [0, 0.1) is 0 Å². The Balaban J connectivity index is 2.03. The Kier molecular flexibility index (Phi) is 5.20. The van der Waals surface area contributed by atoms with Crippen LogP contribution in [0.3, 0.4) is 0 Å². The molecule has 1 heterocycles. The van der Waals surface area contributed by atoms with Crippen LogP contribution in [-0.4, -0.2) is 52.3 Å². The van der Waals surface area contributed by atoms with Crippen LogP contribution in [0.1, 0.15) is 27.2 Å². The minimum atomic E-state index is -1.56. The maximum absolute atomic E-state index is 12.3. The van der Waals surface area contributed by atoms with Crippen molar-refractivity contribution in [3.63, 3.8) is 0 Å². The first-order valence-corrected chi connectivity index (χ1v) is 7.97. The van der Waals surface area contributed by atoms with E-state index in [4.69, 9.17) is 4.74 Å². The lowest BCUT2D eigenvalue weighted by molar-refractivity contribution is -0.144. The first-order valence-electron chi connectivity index (χ1n) is 7.97. The van der Waals surface area contributed by atoms with Gasteiger partial charge in [0.2, 0.25) is 0 Å². The summed E-state index contributed by atoms with van der Waals surface area (Å²) in [7, 11) is 0. The molecule has 0 spiro atoms. The zero-order valence-electron chi connectivity index (χ0n) is 14.5. The molecule has 1 aliphatic heterocycles. The van der Waals surface area contributed by atoms with Crippen LogP contribution in [0.5, 0.6) is 0 Å². The van der Waals surface area contributed by atoms with Crippen LogP contribution in [0.4, 0.5) is 15.3 Å². The molecule has 1 aromatic carbocycles. The van der Waals surface area contributed by atoms with Crippen molar-refractivity contribution in [1.29, 1.82) is 0 Å². The second kappa shape index (κ2) is 7.00. The fourth-order valence-electron chi connectivity index (χ4n) is 2.54. The van der Waals surface area contributed by atoms with Crippen molar-refractivity contribution in [2.75, 3.05) is 18.4 Å². The third-order valence-electron chi connectivity index (χ3n) is 3.73. The number of rotatable bonds is 3. The highest BCUT2D eigenvalue weighted by molar-refractivity contribution is 5.92. The number of carbonyl (C=O) groups is 3. The molecule has 1 aliphatic rings. The molecule has 0 aromatic heterocycles. The molecule has 3 N–H and O–H groups in total. The number of nitrogens with one attached hydrogen (secondary N) is 2. The van der Waals surface area contributed by atoms with Gasteiger partial charge in [0.25, 0.3) is 0 Å². The minimum Gasteiger partial charge on any atom is -0.479 e. The predicted octanol–water partition coefficient (Wildman–Crippen LogP) is 2.27. The number of carbonyl (C=O) groups excluding carboxylic acids is 2. The van der Waals surface area contributed by atoms with Gasteiger partial charge in [-0.3, -0.25) is 0 Å². The molecule has 1 aromatic rings. The summed E-state index contributed by atoms with van der Waals surface area (Å²) >= 11 is 0. The molecule has 0 aliphatic carbocycles. The second-order valence-corrected chi connectivity index (χ2v) is 6.98. The third kappa shape index (κ3) is 4.85. The zero-order chi connectivity index (χ0) is 18.7. The quantitative estimate of drug-likeness (QED) is 0.776. The number of urea groups is 1. The summed E-state index contributed by atoms with van der Waals surface area (Å²) < 4.78 is 5.13. The van der Waals surface area contributed by atoms with E-state index >= 15 is 0 Å². The predicted molar refractivity (Wildman–Crippen MR) is 91.4 cm³/mol. The Bertz CT molecular complexity index is 656. The molecule has 8 nitrogen and oxygen atoms in total. The molecule has 8 heteroatoms. The van der Waals surface area contributed by atoms with E-state index in [-0.39, 0.29) is 19.5 Å². The van der Waals surface area contributed by atoms with Gasteiger partial charge in [-0.15, -0.1) is 0 Å². The normalized spacial score (nSPS) is 20.0. The maximum atomic E-state index is 12.3. The van der Waals surface area contributed by atoms with Gasteiger partial charge in [-0.25, -0.2) is 14.4 Å². The number of alkyl carbamates (subject to hydrolysis) is 1. The fourth-order valence-corrected chi connectivity index (χ4v) is 2.54. The average Bonchev–Trinajstić information content (AvgIpc) is 2.92. The van der Waals surface area contributed by atoms with Gasteiger partial charge in [-0.2, -0.15) is 0 Å². The van der Waals surface area contributed by atoms with Gasteiger partial charge in [0.05, 0.1) is 6.54 Å². The molecular weight excluding hydrogens is 326 g/mol. The molecule has 25 heavy (non-hydrogen) atoms. The van der Waals surface area contributed by atoms with Crippen LogP contribution in [0.25, 0.3) is 0 Å². The van der Waals surface area contributed by atoms with Crippen molar-refractivity contribution in [2.24, 2.45) is 0 Å². The number of anilines is 1. The lowest BCUT2D eigenvalue weighted by atomic mass is 9.99. The number of benzene rings is 1. The first-order chi connectivity index (χ1) is 11.6.